The molecule has 2 fully saturated rings. The smallest absolute Gasteiger partial charge is 0.317 e. The van der Waals surface area contributed by atoms with Crippen molar-refractivity contribution in [2.45, 2.75) is 51.0 Å². The van der Waals surface area contributed by atoms with Crippen molar-refractivity contribution >= 4 is 11.9 Å². The summed E-state index contributed by atoms with van der Waals surface area (Å²) in [6.07, 6.45) is 6.72. The Hall–Kier alpha value is -2.04. The molecule has 136 valence electrons. The van der Waals surface area contributed by atoms with Gasteiger partial charge in [-0.2, -0.15) is 0 Å². The Bertz CT molecular complexity index is 576. The highest BCUT2D eigenvalue weighted by molar-refractivity contribution is 5.78. The minimum absolute atomic E-state index is 0.0494. The van der Waals surface area contributed by atoms with Crippen LogP contribution in [-0.2, 0) is 11.2 Å². The number of nitrogens with one attached hydrogen (secondary N) is 1. The highest BCUT2D eigenvalue weighted by Gasteiger charge is 2.28. The van der Waals surface area contributed by atoms with E-state index in [0.29, 0.717) is 13.0 Å². The van der Waals surface area contributed by atoms with Crippen molar-refractivity contribution in [2.75, 3.05) is 26.2 Å². The second-order valence-corrected chi connectivity index (χ2v) is 7.08. The van der Waals surface area contributed by atoms with Crippen molar-refractivity contribution in [3.63, 3.8) is 0 Å². The predicted octanol–water partition coefficient (Wildman–Crippen LogP) is 2.81. The maximum Gasteiger partial charge on any atom is 0.317 e. The van der Waals surface area contributed by atoms with Crippen LogP contribution in [0.5, 0.6) is 0 Å². The van der Waals surface area contributed by atoms with Crippen molar-refractivity contribution in [3.05, 3.63) is 35.9 Å². The van der Waals surface area contributed by atoms with Gasteiger partial charge in [0, 0.05) is 38.6 Å². The van der Waals surface area contributed by atoms with Crippen LogP contribution in [0.4, 0.5) is 4.79 Å². The van der Waals surface area contributed by atoms with Crippen LogP contribution in [-0.4, -0.2) is 54.0 Å². The summed E-state index contributed by atoms with van der Waals surface area (Å²) in [4.78, 5) is 28.3. The molecule has 2 aliphatic heterocycles. The molecular weight excluding hydrogens is 314 g/mol. The molecule has 1 aromatic carbocycles. The summed E-state index contributed by atoms with van der Waals surface area (Å²) >= 11 is 0. The molecule has 2 aliphatic rings. The average molecular weight is 343 g/mol. The van der Waals surface area contributed by atoms with Crippen LogP contribution < -0.4 is 5.32 Å². The number of rotatable bonds is 6. The molecule has 1 aromatic rings. The standard InChI is InChI=1S/C20H29N3O2/c24-19-10-6-14-22(19)16-12-18-9-4-5-15-23(18)20(25)21-13-11-17-7-2-1-3-8-17/h1-3,7-8,18H,4-6,9-16H2,(H,21,25)/t18-/m1/s1. The Balaban J connectivity index is 1.46. The van der Waals surface area contributed by atoms with Crippen molar-refractivity contribution in [3.8, 4) is 0 Å². The molecule has 1 N–H and O–H groups in total. The number of likely N-dealkylation sites (tertiary alicyclic amines) is 2. The maximum atomic E-state index is 12.6. The van der Waals surface area contributed by atoms with E-state index in [1.807, 2.05) is 28.0 Å². The number of urea groups is 1. The zero-order chi connectivity index (χ0) is 17.5. The third-order valence-corrected chi connectivity index (χ3v) is 5.32. The van der Waals surface area contributed by atoms with Gasteiger partial charge in [-0.3, -0.25) is 4.79 Å². The van der Waals surface area contributed by atoms with Crippen LogP contribution in [0.3, 0.4) is 0 Å². The molecule has 0 aromatic heterocycles. The minimum Gasteiger partial charge on any atom is -0.343 e. The van der Waals surface area contributed by atoms with E-state index in [-0.39, 0.29) is 18.0 Å². The van der Waals surface area contributed by atoms with Crippen molar-refractivity contribution < 1.29 is 9.59 Å². The molecule has 0 bridgehead atoms. The fourth-order valence-electron chi connectivity index (χ4n) is 3.87. The first kappa shape index (κ1) is 17.8. The van der Waals surface area contributed by atoms with Crippen LogP contribution in [0.15, 0.2) is 30.3 Å². The van der Waals surface area contributed by atoms with Crippen LogP contribution in [0.1, 0.15) is 44.1 Å². The van der Waals surface area contributed by atoms with E-state index < -0.39 is 0 Å². The quantitative estimate of drug-likeness (QED) is 0.863. The molecular formula is C20H29N3O2. The van der Waals surface area contributed by atoms with E-state index in [2.05, 4.69) is 17.4 Å². The molecule has 0 unspecified atom stereocenters. The van der Waals surface area contributed by atoms with E-state index in [0.717, 1.165) is 51.7 Å². The van der Waals surface area contributed by atoms with Crippen molar-refractivity contribution in [2.24, 2.45) is 0 Å². The Morgan fingerprint density at radius 1 is 1.12 bits per heavy atom. The van der Waals surface area contributed by atoms with Gasteiger partial charge < -0.3 is 15.1 Å². The molecule has 0 spiro atoms. The van der Waals surface area contributed by atoms with Crippen molar-refractivity contribution in [1.82, 2.24) is 15.1 Å². The fourth-order valence-corrected chi connectivity index (χ4v) is 3.87. The number of benzene rings is 1. The normalized spacial score (nSPS) is 20.8. The summed E-state index contributed by atoms with van der Waals surface area (Å²) < 4.78 is 0. The Labute approximate surface area is 150 Å². The Morgan fingerprint density at radius 2 is 1.96 bits per heavy atom. The number of carbonyl (C=O) groups is 2. The molecule has 0 aliphatic carbocycles. The van der Waals surface area contributed by atoms with E-state index >= 15 is 0 Å². The predicted molar refractivity (Wildman–Crippen MR) is 98.3 cm³/mol. The number of carbonyl (C=O) groups excluding carboxylic acids is 2. The van der Waals surface area contributed by atoms with Gasteiger partial charge in [0.25, 0.3) is 0 Å². The largest absolute Gasteiger partial charge is 0.343 e. The first-order chi connectivity index (χ1) is 12.2. The van der Waals surface area contributed by atoms with Crippen LogP contribution >= 0.6 is 0 Å². The zero-order valence-electron chi connectivity index (χ0n) is 15.0. The van der Waals surface area contributed by atoms with Crippen LogP contribution in [0.25, 0.3) is 0 Å². The van der Waals surface area contributed by atoms with Gasteiger partial charge in [-0.05, 0) is 44.1 Å². The lowest BCUT2D eigenvalue weighted by Crippen LogP contribution is -2.50. The van der Waals surface area contributed by atoms with E-state index in [4.69, 9.17) is 0 Å². The lowest BCUT2D eigenvalue weighted by atomic mass is 9.99. The van der Waals surface area contributed by atoms with Crippen molar-refractivity contribution in [1.29, 1.82) is 0 Å². The molecule has 3 rings (SSSR count). The summed E-state index contributed by atoms with van der Waals surface area (Å²) in [6.45, 7) is 3.17. The fraction of sp³-hybridized carbons (Fsp3) is 0.600. The summed E-state index contributed by atoms with van der Waals surface area (Å²) in [7, 11) is 0. The summed E-state index contributed by atoms with van der Waals surface area (Å²) in [6, 6.07) is 10.5. The highest BCUT2D eigenvalue weighted by Crippen LogP contribution is 2.21. The van der Waals surface area contributed by atoms with E-state index in [1.165, 1.54) is 12.0 Å². The van der Waals surface area contributed by atoms with Gasteiger partial charge in [-0.15, -0.1) is 0 Å². The number of nitrogens with zero attached hydrogens (tertiary/aromatic N) is 2. The number of hydrogen-bond donors (Lipinski definition) is 1. The summed E-state index contributed by atoms with van der Waals surface area (Å²) in [5.41, 5.74) is 1.24. The molecule has 0 radical (unpaired) electrons. The third kappa shape index (κ3) is 4.97. The van der Waals surface area contributed by atoms with Gasteiger partial charge in [-0.25, -0.2) is 4.79 Å². The number of piperidine rings is 1. The minimum atomic E-state index is 0.0494. The molecule has 5 nitrogen and oxygen atoms in total. The molecule has 2 heterocycles. The number of hydrogen-bond acceptors (Lipinski definition) is 2. The van der Waals surface area contributed by atoms with Gasteiger partial charge in [-0.1, -0.05) is 30.3 Å². The van der Waals surface area contributed by atoms with E-state index in [1.54, 1.807) is 0 Å². The van der Waals surface area contributed by atoms with Crippen LogP contribution in [0.2, 0.25) is 0 Å². The van der Waals surface area contributed by atoms with Gasteiger partial charge in [0.1, 0.15) is 0 Å². The molecule has 1 atom stereocenters. The SMILES string of the molecule is O=C1CCCN1CC[C@H]1CCCCN1C(=O)NCCc1ccccc1. The molecule has 2 saturated heterocycles. The van der Waals surface area contributed by atoms with Gasteiger partial charge in [0.05, 0.1) is 0 Å². The van der Waals surface area contributed by atoms with E-state index in [9.17, 15) is 9.59 Å². The van der Waals surface area contributed by atoms with Gasteiger partial charge >= 0.3 is 6.03 Å². The topological polar surface area (TPSA) is 52.7 Å². The first-order valence-electron chi connectivity index (χ1n) is 9.60. The van der Waals surface area contributed by atoms with Crippen LogP contribution in [0, 0.1) is 0 Å². The second kappa shape index (κ2) is 8.88. The second-order valence-electron chi connectivity index (χ2n) is 7.08. The first-order valence-corrected chi connectivity index (χ1v) is 9.60. The lowest BCUT2D eigenvalue weighted by molar-refractivity contribution is -0.127. The summed E-state index contributed by atoms with van der Waals surface area (Å²) in [5.74, 6) is 0.273. The molecule has 3 amide bonds. The molecule has 5 heteroatoms. The summed E-state index contributed by atoms with van der Waals surface area (Å²) in [5, 5.41) is 3.07. The maximum absolute atomic E-state index is 12.6. The third-order valence-electron chi connectivity index (χ3n) is 5.32. The van der Waals surface area contributed by atoms with Gasteiger partial charge in [0.15, 0.2) is 0 Å². The average Bonchev–Trinajstić information content (AvgIpc) is 3.06. The zero-order valence-corrected chi connectivity index (χ0v) is 15.0. The molecule has 25 heavy (non-hydrogen) atoms. The Kier molecular flexibility index (Phi) is 6.31. The highest BCUT2D eigenvalue weighted by atomic mass is 16.2. The number of amides is 3. The van der Waals surface area contributed by atoms with Gasteiger partial charge in [0.2, 0.25) is 5.91 Å². The Morgan fingerprint density at radius 3 is 2.72 bits per heavy atom. The molecule has 0 saturated carbocycles. The lowest BCUT2D eigenvalue weighted by Gasteiger charge is -2.36. The monoisotopic (exact) mass is 343 g/mol.